The maximum atomic E-state index is 11.2. The van der Waals surface area contributed by atoms with E-state index in [2.05, 4.69) is 10.1 Å². The summed E-state index contributed by atoms with van der Waals surface area (Å²) in [7, 11) is 1.32. The number of carbonyl (C=O) groups excluding carboxylic acids is 1. The molecule has 1 aromatic rings. The molecular formula is C11H13N3O2. The van der Waals surface area contributed by atoms with E-state index >= 15 is 0 Å². The van der Waals surface area contributed by atoms with Gasteiger partial charge in [-0.1, -0.05) is 0 Å². The van der Waals surface area contributed by atoms with Crippen molar-refractivity contribution < 1.29 is 9.53 Å². The third kappa shape index (κ3) is 2.64. The fourth-order valence-electron chi connectivity index (χ4n) is 1.23. The second-order valence-electron chi connectivity index (χ2n) is 3.30. The van der Waals surface area contributed by atoms with Gasteiger partial charge in [0.2, 0.25) is 0 Å². The lowest BCUT2D eigenvalue weighted by Crippen LogP contribution is -2.27. The molecule has 0 saturated carbocycles. The molecule has 3 N–H and O–H groups in total. The Morgan fingerprint density at radius 1 is 1.62 bits per heavy atom. The molecule has 0 fully saturated rings. The van der Waals surface area contributed by atoms with Crippen molar-refractivity contribution >= 4 is 17.3 Å². The first-order valence-corrected chi connectivity index (χ1v) is 4.72. The van der Waals surface area contributed by atoms with E-state index in [-0.39, 0.29) is 5.97 Å². The average Bonchev–Trinajstić information content (AvgIpc) is 2.30. The number of hydrogen-bond donors (Lipinski definition) is 2. The van der Waals surface area contributed by atoms with Gasteiger partial charge in [-0.15, -0.1) is 0 Å². The predicted molar refractivity (Wildman–Crippen MR) is 60.7 cm³/mol. The van der Waals surface area contributed by atoms with Crippen LogP contribution in [0.4, 0.5) is 11.4 Å². The number of carbonyl (C=O) groups is 1. The zero-order valence-corrected chi connectivity index (χ0v) is 9.15. The van der Waals surface area contributed by atoms with Crippen LogP contribution in [0.1, 0.15) is 12.5 Å². The second kappa shape index (κ2) is 5.03. The number of rotatable bonds is 3. The molecule has 0 saturated heterocycles. The highest BCUT2D eigenvalue weighted by molar-refractivity contribution is 5.81. The quantitative estimate of drug-likeness (QED) is 0.587. The van der Waals surface area contributed by atoms with Crippen LogP contribution in [0.3, 0.4) is 0 Å². The standard InChI is InChI=1S/C11H13N3O2/c1-7(11(15)16-2)14-10-4-3-8(6-12)5-9(10)13/h3-5,7,14H,13H2,1-2H3. The minimum Gasteiger partial charge on any atom is -0.467 e. The fourth-order valence-corrected chi connectivity index (χ4v) is 1.23. The Bertz CT molecular complexity index is 437. The highest BCUT2D eigenvalue weighted by Gasteiger charge is 2.13. The van der Waals surface area contributed by atoms with E-state index in [0.29, 0.717) is 16.9 Å². The minimum absolute atomic E-state index is 0.372. The van der Waals surface area contributed by atoms with E-state index < -0.39 is 6.04 Å². The first kappa shape index (κ1) is 11.9. The van der Waals surface area contributed by atoms with Crippen molar-refractivity contribution in [2.75, 3.05) is 18.2 Å². The molecule has 84 valence electrons. The largest absolute Gasteiger partial charge is 0.467 e. The van der Waals surface area contributed by atoms with Crippen LogP contribution in [0, 0.1) is 11.3 Å². The smallest absolute Gasteiger partial charge is 0.327 e. The molecule has 1 atom stereocenters. The van der Waals surface area contributed by atoms with Gasteiger partial charge in [0.05, 0.1) is 30.1 Å². The summed E-state index contributed by atoms with van der Waals surface area (Å²) in [6.07, 6.45) is 0. The monoisotopic (exact) mass is 219 g/mol. The van der Waals surface area contributed by atoms with Gasteiger partial charge in [0.15, 0.2) is 0 Å². The van der Waals surface area contributed by atoms with E-state index in [1.807, 2.05) is 6.07 Å². The van der Waals surface area contributed by atoms with Gasteiger partial charge in [0.1, 0.15) is 6.04 Å². The summed E-state index contributed by atoms with van der Waals surface area (Å²) in [5.41, 5.74) is 7.24. The molecule has 1 rings (SSSR count). The topological polar surface area (TPSA) is 88.1 Å². The van der Waals surface area contributed by atoms with Gasteiger partial charge in [-0.2, -0.15) is 5.26 Å². The summed E-state index contributed by atoms with van der Waals surface area (Å²) in [4.78, 5) is 11.2. The molecule has 0 aliphatic carbocycles. The number of anilines is 2. The Labute approximate surface area is 93.8 Å². The van der Waals surface area contributed by atoms with Gasteiger partial charge in [-0.05, 0) is 25.1 Å². The number of methoxy groups -OCH3 is 1. The number of nitrogens with one attached hydrogen (secondary N) is 1. The molecule has 0 spiro atoms. The van der Waals surface area contributed by atoms with Gasteiger partial charge in [0.25, 0.3) is 0 Å². The Morgan fingerprint density at radius 2 is 2.31 bits per heavy atom. The summed E-state index contributed by atoms with van der Waals surface area (Å²) in [5.74, 6) is -0.372. The number of hydrogen-bond acceptors (Lipinski definition) is 5. The maximum Gasteiger partial charge on any atom is 0.327 e. The normalized spacial score (nSPS) is 11.3. The number of nitrogens with two attached hydrogens (primary N) is 1. The van der Waals surface area contributed by atoms with Crippen LogP contribution in [0.15, 0.2) is 18.2 Å². The lowest BCUT2D eigenvalue weighted by Gasteiger charge is -2.14. The van der Waals surface area contributed by atoms with Crippen molar-refractivity contribution in [3.63, 3.8) is 0 Å². The average molecular weight is 219 g/mol. The molecule has 0 heterocycles. The highest BCUT2D eigenvalue weighted by Crippen LogP contribution is 2.20. The van der Waals surface area contributed by atoms with E-state index in [9.17, 15) is 4.79 Å². The lowest BCUT2D eigenvalue weighted by atomic mass is 10.2. The maximum absolute atomic E-state index is 11.2. The van der Waals surface area contributed by atoms with Crippen molar-refractivity contribution in [1.29, 1.82) is 5.26 Å². The molecule has 0 bridgehead atoms. The Hall–Kier alpha value is -2.22. The van der Waals surface area contributed by atoms with Gasteiger partial charge in [-0.25, -0.2) is 4.79 Å². The molecule has 16 heavy (non-hydrogen) atoms. The fraction of sp³-hybridized carbons (Fsp3) is 0.273. The van der Waals surface area contributed by atoms with Crippen molar-refractivity contribution in [1.82, 2.24) is 0 Å². The van der Waals surface area contributed by atoms with Crippen molar-refractivity contribution in [3.05, 3.63) is 23.8 Å². The molecule has 0 amide bonds. The zero-order valence-electron chi connectivity index (χ0n) is 9.15. The van der Waals surface area contributed by atoms with Crippen LogP contribution >= 0.6 is 0 Å². The summed E-state index contributed by atoms with van der Waals surface area (Å²) >= 11 is 0. The van der Waals surface area contributed by atoms with Crippen molar-refractivity contribution in [3.8, 4) is 6.07 Å². The molecule has 0 aliphatic rings. The molecule has 0 radical (unpaired) electrons. The number of benzene rings is 1. The molecule has 0 aliphatic heterocycles. The van der Waals surface area contributed by atoms with Crippen LogP contribution in [-0.2, 0) is 9.53 Å². The van der Waals surface area contributed by atoms with E-state index in [1.165, 1.54) is 7.11 Å². The number of nitriles is 1. The van der Waals surface area contributed by atoms with E-state index in [0.717, 1.165) is 0 Å². The minimum atomic E-state index is -0.486. The van der Waals surface area contributed by atoms with E-state index in [1.54, 1.807) is 25.1 Å². The van der Waals surface area contributed by atoms with Gasteiger partial charge in [0, 0.05) is 0 Å². The summed E-state index contributed by atoms with van der Waals surface area (Å²) in [6, 6.07) is 6.33. The third-order valence-electron chi connectivity index (χ3n) is 2.11. The molecular weight excluding hydrogens is 206 g/mol. The van der Waals surface area contributed by atoms with Crippen molar-refractivity contribution in [2.45, 2.75) is 13.0 Å². The van der Waals surface area contributed by atoms with Crippen LogP contribution in [0.2, 0.25) is 0 Å². The number of nitrogen functional groups attached to an aromatic ring is 1. The van der Waals surface area contributed by atoms with Gasteiger partial charge in [-0.3, -0.25) is 0 Å². The predicted octanol–water partition coefficient (Wildman–Crippen LogP) is 1.11. The molecule has 0 aromatic heterocycles. The van der Waals surface area contributed by atoms with Crippen molar-refractivity contribution in [2.24, 2.45) is 0 Å². The molecule has 1 aromatic carbocycles. The first-order valence-electron chi connectivity index (χ1n) is 4.72. The first-order chi connectivity index (χ1) is 7.58. The SMILES string of the molecule is COC(=O)C(C)Nc1ccc(C#N)cc1N. The van der Waals surface area contributed by atoms with E-state index in [4.69, 9.17) is 11.0 Å². The number of ether oxygens (including phenoxy) is 1. The zero-order chi connectivity index (χ0) is 12.1. The number of esters is 1. The Kier molecular flexibility index (Phi) is 3.72. The van der Waals surface area contributed by atoms with Crippen LogP contribution < -0.4 is 11.1 Å². The lowest BCUT2D eigenvalue weighted by molar-refractivity contribution is -0.141. The summed E-state index contributed by atoms with van der Waals surface area (Å²) < 4.78 is 4.57. The van der Waals surface area contributed by atoms with Crippen LogP contribution in [0.5, 0.6) is 0 Å². The summed E-state index contributed by atoms with van der Waals surface area (Å²) in [6.45, 7) is 1.67. The number of nitrogens with zero attached hydrogens (tertiary/aromatic N) is 1. The third-order valence-corrected chi connectivity index (χ3v) is 2.11. The van der Waals surface area contributed by atoms with Crippen LogP contribution in [0.25, 0.3) is 0 Å². The molecule has 5 heteroatoms. The Morgan fingerprint density at radius 3 is 2.81 bits per heavy atom. The summed E-state index contributed by atoms with van der Waals surface area (Å²) in [5, 5.41) is 11.6. The second-order valence-corrected chi connectivity index (χ2v) is 3.30. The van der Waals surface area contributed by atoms with Gasteiger partial charge >= 0.3 is 5.97 Å². The molecule has 1 unspecified atom stereocenters. The highest BCUT2D eigenvalue weighted by atomic mass is 16.5. The van der Waals surface area contributed by atoms with Gasteiger partial charge < -0.3 is 15.8 Å². The molecule has 5 nitrogen and oxygen atoms in total. The Balaban J connectivity index is 2.83. The van der Waals surface area contributed by atoms with Crippen LogP contribution in [-0.4, -0.2) is 19.1 Å².